The average Bonchev–Trinajstić information content (AvgIpc) is 2.38. The summed E-state index contributed by atoms with van der Waals surface area (Å²) in [7, 11) is 0. The van der Waals surface area contributed by atoms with Gasteiger partial charge >= 0.3 is 0 Å². The third-order valence-corrected chi connectivity index (χ3v) is 3.11. The molecule has 0 unspecified atom stereocenters. The maximum atomic E-state index is 11.8. The lowest BCUT2D eigenvalue weighted by molar-refractivity contribution is -0.116. The molecular weight excluding hydrogens is 260 g/mol. The molecule has 0 aliphatic carbocycles. The van der Waals surface area contributed by atoms with Crippen molar-refractivity contribution in [2.24, 2.45) is 0 Å². The molecule has 0 aliphatic heterocycles. The minimum absolute atomic E-state index is 0.0574. The molecule has 2 rings (SSSR count). The second-order valence-electron chi connectivity index (χ2n) is 4.33. The molecule has 0 aliphatic rings. The molecule has 0 radical (unpaired) electrons. The van der Waals surface area contributed by atoms with Gasteiger partial charge in [0.05, 0.1) is 0 Å². The number of halogens is 1. The van der Waals surface area contributed by atoms with Crippen LogP contribution in [0.2, 0.25) is 5.02 Å². The van der Waals surface area contributed by atoms with E-state index in [0.29, 0.717) is 17.3 Å². The minimum atomic E-state index is -0.0574. The van der Waals surface area contributed by atoms with Gasteiger partial charge in [-0.25, -0.2) is 4.98 Å². The molecule has 0 spiro atoms. The molecule has 4 heteroatoms. The van der Waals surface area contributed by atoms with Gasteiger partial charge in [-0.2, -0.15) is 0 Å². The maximum Gasteiger partial charge on any atom is 0.225 e. The standard InChI is InChI=1S/C15H15ClN2O/c1-11-4-2-3-5-12(11)6-7-15(19)18-14-10-13(16)8-9-17-14/h2-5,8-10H,6-7H2,1H3,(H,17,18,19). The van der Waals surface area contributed by atoms with E-state index in [1.165, 1.54) is 11.1 Å². The first kappa shape index (κ1) is 13.6. The van der Waals surface area contributed by atoms with Crippen LogP contribution in [0.1, 0.15) is 17.5 Å². The van der Waals surface area contributed by atoms with Crippen LogP contribution in [0.5, 0.6) is 0 Å². The van der Waals surface area contributed by atoms with Crippen LogP contribution in [-0.2, 0) is 11.2 Å². The molecule has 0 fully saturated rings. The van der Waals surface area contributed by atoms with Crippen molar-refractivity contribution < 1.29 is 4.79 Å². The van der Waals surface area contributed by atoms with E-state index in [9.17, 15) is 4.79 Å². The minimum Gasteiger partial charge on any atom is -0.311 e. The largest absolute Gasteiger partial charge is 0.311 e. The second-order valence-corrected chi connectivity index (χ2v) is 4.77. The van der Waals surface area contributed by atoms with Gasteiger partial charge in [-0.15, -0.1) is 0 Å². The number of carbonyl (C=O) groups is 1. The Bertz CT molecular complexity index is 584. The first-order valence-electron chi connectivity index (χ1n) is 6.11. The van der Waals surface area contributed by atoms with Gasteiger partial charge < -0.3 is 5.32 Å². The summed E-state index contributed by atoms with van der Waals surface area (Å²) in [4.78, 5) is 15.8. The molecular formula is C15H15ClN2O. The molecule has 2 aromatic rings. The fourth-order valence-corrected chi connectivity index (χ4v) is 1.98. The third-order valence-electron chi connectivity index (χ3n) is 2.87. The maximum absolute atomic E-state index is 11.8. The van der Waals surface area contributed by atoms with E-state index >= 15 is 0 Å². The summed E-state index contributed by atoms with van der Waals surface area (Å²) in [5.41, 5.74) is 2.40. The van der Waals surface area contributed by atoms with Crippen LogP contribution in [-0.4, -0.2) is 10.9 Å². The average molecular weight is 275 g/mol. The fourth-order valence-electron chi connectivity index (χ4n) is 1.82. The molecule has 98 valence electrons. The van der Waals surface area contributed by atoms with Crippen molar-refractivity contribution in [2.75, 3.05) is 5.32 Å². The zero-order valence-electron chi connectivity index (χ0n) is 10.7. The van der Waals surface area contributed by atoms with Crippen LogP contribution in [0, 0.1) is 6.92 Å². The number of aryl methyl sites for hydroxylation is 2. The molecule has 0 bridgehead atoms. The molecule has 1 aromatic carbocycles. The summed E-state index contributed by atoms with van der Waals surface area (Å²) in [6.45, 7) is 2.05. The lowest BCUT2D eigenvalue weighted by Crippen LogP contribution is -2.13. The Labute approximate surface area is 117 Å². The predicted molar refractivity (Wildman–Crippen MR) is 77.4 cm³/mol. The van der Waals surface area contributed by atoms with Crippen LogP contribution in [0.4, 0.5) is 5.82 Å². The number of hydrogen-bond acceptors (Lipinski definition) is 2. The number of hydrogen-bond donors (Lipinski definition) is 1. The second kappa shape index (κ2) is 6.34. The summed E-state index contributed by atoms with van der Waals surface area (Å²) < 4.78 is 0. The van der Waals surface area contributed by atoms with Gasteiger partial charge in [0.25, 0.3) is 0 Å². The molecule has 1 heterocycles. The highest BCUT2D eigenvalue weighted by atomic mass is 35.5. The molecule has 0 atom stereocenters. The Morgan fingerprint density at radius 3 is 2.84 bits per heavy atom. The highest BCUT2D eigenvalue weighted by Crippen LogP contribution is 2.13. The molecule has 1 N–H and O–H groups in total. The number of benzene rings is 1. The molecule has 0 saturated heterocycles. The highest BCUT2D eigenvalue weighted by molar-refractivity contribution is 6.30. The molecule has 19 heavy (non-hydrogen) atoms. The van der Waals surface area contributed by atoms with Crippen molar-refractivity contribution in [2.45, 2.75) is 19.8 Å². The van der Waals surface area contributed by atoms with E-state index in [1.54, 1.807) is 18.3 Å². The SMILES string of the molecule is Cc1ccccc1CCC(=O)Nc1cc(Cl)ccn1. The van der Waals surface area contributed by atoms with Gasteiger partial charge in [0.15, 0.2) is 0 Å². The summed E-state index contributed by atoms with van der Waals surface area (Å²) >= 11 is 5.83. The van der Waals surface area contributed by atoms with E-state index in [4.69, 9.17) is 11.6 Å². The molecule has 0 saturated carbocycles. The first-order chi connectivity index (χ1) is 9.15. The summed E-state index contributed by atoms with van der Waals surface area (Å²) in [5, 5.41) is 3.30. The number of nitrogens with one attached hydrogen (secondary N) is 1. The lowest BCUT2D eigenvalue weighted by atomic mass is 10.0. The molecule has 1 aromatic heterocycles. The van der Waals surface area contributed by atoms with Crippen molar-refractivity contribution >= 4 is 23.3 Å². The number of anilines is 1. The van der Waals surface area contributed by atoms with Crippen molar-refractivity contribution in [1.82, 2.24) is 4.98 Å². The quantitative estimate of drug-likeness (QED) is 0.925. The number of nitrogens with zero attached hydrogens (tertiary/aromatic N) is 1. The Morgan fingerprint density at radius 2 is 2.11 bits per heavy atom. The highest BCUT2D eigenvalue weighted by Gasteiger charge is 2.05. The summed E-state index contributed by atoms with van der Waals surface area (Å²) in [5.74, 6) is 0.431. The van der Waals surface area contributed by atoms with Gasteiger partial charge in [0, 0.05) is 17.6 Å². The van der Waals surface area contributed by atoms with E-state index in [1.807, 2.05) is 31.2 Å². The lowest BCUT2D eigenvalue weighted by Gasteiger charge is -2.06. The Balaban J connectivity index is 1.90. The van der Waals surface area contributed by atoms with Crippen LogP contribution >= 0.6 is 11.6 Å². The number of amides is 1. The van der Waals surface area contributed by atoms with Crippen molar-refractivity contribution in [1.29, 1.82) is 0 Å². The van der Waals surface area contributed by atoms with Crippen LogP contribution < -0.4 is 5.32 Å². The smallest absolute Gasteiger partial charge is 0.225 e. The first-order valence-corrected chi connectivity index (χ1v) is 6.49. The van der Waals surface area contributed by atoms with Crippen LogP contribution in [0.25, 0.3) is 0 Å². The zero-order valence-corrected chi connectivity index (χ0v) is 11.4. The Hall–Kier alpha value is -1.87. The normalized spacial score (nSPS) is 10.2. The van der Waals surface area contributed by atoms with Gasteiger partial charge in [0.1, 0.15) is 5.82 Å². The monoisotopic (exact) mass is 274 g/mol. The number of rotatable bonds is 4. The van der Waals surface area contributed by atoms with Crippen molar-refractivity contribution in [3.05, 3.63) is 58.7 Å². The van der Waals surface area contributed by atoms with Crippen LogP contribution in [0.15, 0.2) is 42.6 Å². The van der Waals surface area contributed by atoms with Gasteiger partial charge in [0.2, 0.25) is 5.91 Å². The van der Waals surface area contributed by atoms with E-state index < -0.39 is 0 Å². The Morgan fingerprint density at radius 1 is 1.32 bits per heavy atom. The molecule has 1 amide bonds. The third kappa shape index (κ3) is 4.07. The topological polar surface area (TPSA) is 42.0 Å². The van der Waals surface area contributed by atoms with Gasteiger partial charge in [-0.05, 0) is 36.6 Å². The molecule has 3 nitrogen and oxygen atoms in total. The van der Waals surface area contributed by atoms with E-state index in [2.05, 4.69) is 10.3 Å². The summed E-state index contributed by atoms with van der Waals surface area (Å²) in [6, 6.07) is 11.4. The number of aromatic nitrogens is 1. The van der Waals surface area contributed by atoms with Gasteiger partial charge in [-0.3, -0.25) is 4.79 Å². The summed E-state index contributed by atoms with van der Waals surface area (Å²) in [6.07, 6.45) is 2.72. The predicted octanol–water partition coefficient (Wildman–Crippen LogP) is 3.61. The van der Waals surface area contributed by atoms with Gasteiger partial charge in [-0.1, -0.05) is 35.9 Å². The van der Waals surface area contributed by atoms with Crippen LogP contribution in [0.3, 0.4) is 0 Å². The number of carbonyl (C=O) groups excluding carboxylic acids is 1. The van der Waals surface area contributed by atoms with E-state index in [0.717, 1.165) is 6.42 Å². The fraction of sp³-hybridized carbons (Fsp3) is 0.200. The zero-order chi connectivity index (χ0) is 13.7. The van der Waals surface area contributed by atoms with Crippen molar-refractivity contribution in [3.8, 4) is 0 Å². The van der Waals surface area contributed by atoms with E-state index in [-0.39, 0.29) is 5.91 Å². The Kier molecular flexibility index (Phi) is 4.53. The van der Waals surface area contributed by atoms with Crippen molar-refractivity contribution in [3.63, 3.8) is 0 Å². The number of pyridine rings is 1.